The molecular weight excluding hydrogens is 959 g/mol. The Hall–Kier alpha value is -2.18. The molecule has 0 aromatic rings. The van der Waals surface area contributed by atoms with Crippen LogP contribution in [0.3, 0.4) is 0 Å². The van der Waals surface area contributed by atoms with Gasteiger partial charge < -0.3 is 20.3 Å². The fourth-order valence-electron chi connectivity index (χ4n) is 10.7. The smallest absolute Gasteiger partial charge is 0.305 e. The first kappa shape index (κ1) is 75.8. The van der Waals surface area contributed by atoms with Crippen LogP contribution in [0.1, 0.15) is 373 Å². The van der Waals surface area contributed by atoms with E-state index >= 15 is 0 Å². The summed E-state index contributed by atoms with van der Waals surface area (Å²) in [5.41, 5.74) is 0. The third kappa shape index (κ3) is 63.0. The standard InChI is InChI=1S/C72H135NO5/c1-3-5-7-9-11-13-15-17-19-20-21-22-28-31-34-37-40-44-48-52-56-60-64-70(75)69(68-74)73-71(76)65-61-57-53-49-45-41-38-35-32-29-26-24-23-25-27-30-33-36-39-43-47-51-55-59-63-67-78-72(77)66-62-58-54-50-46-42-18-16-14-12-10-8-6-4-2/h16,18,24-27,60,64,69-70,74-75H,3-15,17,19-23,28-59,61-63,65-68H2,1-2H3,(H,73,76)/b18-16-,26-24-,27-25-,64-60+. The first-order valence-electron chi connectivity index (χ1n) is 34.9. The molecule has 0 aliphatic heterocycles. The quantitative estimate of drug-likeness (QED) is 0.0320. The van der Waals surface area contributed by atoms with Crippen LogP contribution in [0.25, 0.3) is 0 Å². The van der Waals surface area contributed by atoms with Gasteiger partial charge in [-0.15, -0.1) is 0 Å². The lowest BCUT2D eigenvalue weighted by atomic mass is 10.0. The maximum Gasteiger partial charge on any atom is 0.305 e. The monoisotopic (exact) mass is 1090 g/mol. The van der Waals surface area contributed by atoms with Crippen molar-refractivity contribution in [3.8, 4) is 0 Å². The molecule has 0 spiro atoms. The number of hydrogen-bond acceptors (Lipinski definition) is 5. The second-order valence-electron chi connectivity index (χ2n) is 23.9. The van der Waals surface area contributed by atoms with Crippen molar-refractivity contribution in [3.63, 3.8) is 0 Å². The average Bonchev–Trinajstić information content (AvgIpc) is 3.44. The molecule has 0 heterocycles. The fraction of sp³-hybridized carbons (Fsp3) is 0.861. The lowest BCUT2D eigenvalue weighted by Crippen LogP contribution is -2.45. The van der Waals surface area contributed by atoms with Crippen molar-refractivity contribution in [2.45, 2.75) is 386 Å². The number of nitrogens with one attached hydrogen (secondary N) is 1. The highest BCUT2D eigenvalue weighted by Crippen LogP contribution is 2.18. The normalized spacial score (nSPS) is 12.8. The lowest BCUT2D eigenvalue weighted by molar-refractivity contribution is -0.143. The van der Waals surface area contributed by atoms with Gasteiger partial charge in [-0.3, -0.25) is 9.59 Å². The number of aliphatic hydroxyl groups excluding tert-OH is 2. The Morgan fingerprint density at radius 3 is 0.987 bits per heavy atom. The van der Waals surface area contributed by atoms with Gasteiger partial charge >= 0.3 is 5.97 Å². The van der Waals surface area contributed by atoms with Crippen molar-refractivity contribution in [2.24, 2.45) is 0 Å². The van der Waals surface area contributed by atoms with E-state index in [1.807, 2.05) is 6.08 Å². The second kappa shape index (κ2) is 67.3. The molecule has 0 aromatic carbocycles. The third-order valence-corrected chi connectivity index (χ3v) is 16.1. The van der Waals surface area contributed by atoms with E-state index in [2.05, 4.69) is 55.6 Å². The van der Waals surface area contributed by atoms with Crippen LogP contribution < -0.4 is 5.32 Å². The Morgan fingerprint density at radius 1 is 0.359 bits per heavy atom. The van der Waals surface area contributed by atoms with E-state index in [4.69, 9.17) is 4.74 Å². The molecule has 1 amide bonds. The number of carbonyl (C=O) groups is 2. The van der Waals surface area contributed by atoms with Gasteiger partial charge in [-0.05, 0) is 89.9 Å². The molecule has 0 aliphatic carbocycles. The Balaban J connectivity index is 3.47. The number of amides is 1. The highest BCUT2D eigenvalue weighted by molar-refractivity contribution is 5.76. The molecule has 0 saturated carbocycles. The van der Waals surface area contributed by atoms with E-state index in [1.54, 1.807) is 6.08 Å². The molecule has 2 atom stereocenters. The zero-order valence-corrected chi connectivity index (χ0v) is 52.4. The summed E-state index contributed by atoms with van der Waals surface area (Å²) in [4.78, 5) is 24.6. The number of rotatable bonds is 65. The molecule has 0 aromatic heterocycles. The minimum Gasteiger partial charge on any atom is -0.466 e. The van der Waals surface area contributed by atoms with E-state index in [1.165, 1.54) is 295 Å². The summed E-state index contributed by atoms with van der Waals surface area (Å²) in [7, 11) is 0. The van der Waals surface area contributed by atoms with E-state index in [9.17, 15) is 19.8 Å². The maximum atomic E-state index is 12.5. The maximum absolute atomic E-state index is 12.5. The summed E-state index contributed by atoms with van der Waals surface area (Å²) < 4.78 is 5.48. The van der Waals surface area contributed by atoms with Gasteiger partial charge in [0.2, 0.25) is 5.91 Å². The SMILES string of the molecule is CCCCCCC/C=C\CCCCCCCC(=O)OCCCCCCCCCCC/C=C\C/C=C\CCCCCCCCCCCC(=O)NC(CO)C(O)/C=C/CCCCCCCCCCCCCCCCCCCCCC. The van der Waals surface area contributed by atoms with Crippen molar-refractivity contribution in [1.29, 1.82) is 0 Å². The van der Waals surface area contributed by atoms with Crippen molar-refractivity contribution in [3.05, 3.63) is 48.6 Å². The third-order valence-electron chi connectivity index (χ3n) is 16.1. The Morgan fingerprint density at radius 2 is 0.641 bits per heavy atom. The molecule has 0 rings (SSSR count). The predicted octanol–water partition coefficient (Wildman–Crippen LogP) is 22.5. The van der Waals surface area contributed by atoms with Crippen LogP contribution in [0.4, 0.5) is 0 Å². The molecule has 6 nitrogen and oxygen atoms in total. The van der Waals surface area contributed by atoms with Crippen molar-refractivity contribution in [1.82, 2.24) is 5.32 Å². The minimum absolute atomic E-state index is 0.000144. The molecule has 0 fully saturated rings. The molecule has 6 heteroatoms. The van der Waals surface area contributed by atoms with Crippen molar-refractivity contribution >= 4 is 11.9 Å². The highest BCUT2D eigenvalue weighted by atomic mass is 16.5. The van der Waals surface area contributed by atoms with Crippen molar-refractivity contribution in [2.75, 3.05) is 13.2 Å². The topological polar surface area (TPSA) is 95.9 Å². The summed E-state index contributed by atoms with van der Waals surface area (Å²) in [6.45, 7) is 4.91. The molecule has 0 aliphatic rings. The Bertz CT molecular complexity index is 1310. The number of ether oxygens (including phenoxy) is 1. The van der Waals surface area contributed by atoms with Crippen LogP contribution in [-0.4, -0.2) is 47.4 Å². The van der Waals surface area contributed by atoms with Gasteiger partial charge in [-0.2, -0.15) is 0 Å². The van der Waals surface area contributed by atoms with Gasteiger partial charge in [0.15, 0.2) is 0 Å². The molecule has 0 bridgehead atoms. The summed E-state index contributed by atoms with van der Waals surface area (Å²) in [5, 5.41) is 23.2. The number of esters is 1. The van der Waals surface area contributed by atoms with Crippen LogP contribution in [-0.2, 0) is 14.3 Å². The number of allylic oxidation sites excluding steroid dienone is 7. The number of carbonyl (C=O) groups excluding carboxylic acids is 2. The Labute approximate surface area is 486 Å². The molecule has 0 saturated heterocycles. The zero-order chi connectivity index (χ0) is 56.4. The molecule has 78 heavy (non-hydrogen) atoms. The zero-order valence-electron chi connectivity index (χ0n) is 52.4. The lowest BCUT2D eigenvalue weighted by Gasteiger charge is -2.20. The van der Waals surface area contributed by atoms with E-state index < -0.39 is 12.1 Å². The Kier molecular flexibility index (Phi) is 65.4. The van der Waals surface area contributed by atoms with Gasteiger partial charge in [0.1, 0.15) is 0 Å². The van der Waals surface area contributed by atoms with Crippen molar-refractivity contribution < 1.29 is 24.5 Å². The first-order chi connectivity index (χ1) is 38.5. The molecule has 458 valence electrons. The molecule has 3 N–H and O–H groups in total. The molecule has 0 radical (unpaired) electrons. The van der Waals surface area contributed by atoms with Crippen LogP contribution in [0.2, 0.25) is 0 Å². The van der Waals surface area contributed by atoms with E-state index in [0.717, 1.165) is 51.4 Å². The van der Waals surface area contributed by atoms with Gasteiger partial charge in [0.05, 0.1) is 25.4 Å². The van der Waals surface area contributed by atoms with E-state index in [0.29, 0.717) is 19.4 Å². The number of aliphatic hydroxyl groups is 2. The van der Waals surface area contributed by atoms with Gasteiger partial charge in [0, 0.05) is 12.8 Å². The summed E-state index contributed by atoms with van der Waals surface area (Å²) in [5.74, 6) is -0.0710. The van der Waals surface area contributed by atoms with Crippen LogP contribution in [0.15, 0.2) is 48.6 Å². The largest absolute Gasteiger partial charge is 0.466 e. The summed E-state index contributed by atoms with van der Waals surface area (Å²) >= 11 is 0. The van der Waals surface area contributed by atoms with Gasteiger partial charge in [0.25, 0.3) is 0 Å². The minimum atomic E-state index is -0.851. The predicted molar refractivity (Wildman–Crippen MR) is 342 cm³/mol. The molecular formula is C72H135NO5. The van der Waals surface area contributed by atoms with E-state index in [-0.39, 0.29) is 18.5 Å². The van der Waals surface area contributed by atoms with Gasteiger partial charge in [-0.1, -0.05) is 319 Å². The highest BCUT2D eigenvalue weighted by Gasteiger charge is 2.18. The summed E-state index contributed by atoms with van der Waals surface area (Å²) in [6.07, 6.45) is 87.5. The van der Waals surface area contributed by atoms with Crippen LogP contribution in [0, 0.1) is 0 Å². The van der Waals surface area contributed by atoms with Crippen LogP contribution in [0.5, 0.6) is 0 Å². The van der Waals surface area contributed by atoms with Gasteiger partial charge in [-0.25, -0.2) is 0 Å². The average molecular weight is 1090 g/mol. The van der Waals surface area contributed by atoms with Crippen LogP contribution >= 0.6 is 0 Å². The molecule has 2 unspecified atom stereocenters. The fourth-order valence-corrected chi connectivity index (χ4v) is 10.7. The summed E-state index contributed by atoms with van der Waals surface area (Å²) in [6, 6.07) is -0.635. The number of hydrogen-bond donors (Lipinski definition) is 3. The number of unbranched alkanes of at least 4 members (excludes halogenated alkanes) is 48. The first-order valence-corrected chi connectivity index (χ1v) is 34.9. The second-order valence-corrected chi connectivity index (χ2v) is 23.9.